The topological polar surface area (TPSA) is 45.0 Å². The predicted molar refractivity (Wildman–Crippen MR) is 66.5 cm³/mol. The lowest BCUT2D eigenvalue weighted by Crippen LogP contribution is -2.29. The molecule has 2 unspecified atom stereocenters. The fraction of sp³-hybridized carbons (Fsp3) is 0.500. The first-order valence-electron chi connectivity index (χ1n) is 6.11. The van der Waals surface area contributed by atoms with Crippen LogP contribution >= 0.6 is 0 Å². The summed E-state index contributed by atoms with van der Waals surface area (Å²) in [6.07, 6.45) is 2.50. The molecule has 1 fully saturated rings. The summed E-state index contributed by atoms with van der Waals surface area (Å²) < 4.78 is 5.54. The Balaban J connectivity index is 1.94. The molecule has 0 bridgehead atoms. The normalized spacial score (nSPS) is 21.1. The molecule has 0 aromatic heterocycles. The molecule has 17 heavy (non-hydrogen) atoms. The van der Waals surface area contributed by atoms with Gasteiger partial charge in [-0.05, 0) is 25.3 Å². The van der Waals surface area contributed by atoms with Crippen molar-refractivity contribution in [3.8, 4) is 6.07 Å². The van der Waals surface area contributed by atoms with Crippen molar-refractivity contribution in [2.24, 2.45) is 0 Å². The lowest BCUT2D eigenvalue weighted by molar-refractivity contribution is 0.109. The Hall–Kier alpha value is -1.37. The molecule has 0 aliphatic carbocycles. The molecule has 1 aromatic carbocycles. The maximum atomic E-state index is 9.19. The van der Waals surface area contributed by atoms with Crippen LogP contribution in [-0.2, 0) is 4.74 Å². The molecule has 1 N–H and O–H groups in total. The van der Waals surface area contributed by atoms with E-state index in [4.69, 9.17) is 4.74 Å². The predicted octanol–water partition coefficient (Wildman–Crippen LogP) is 2.33. The summed E-state index contributed by atoms with van der Waals surface area (Å²) in [6.45, 7) is 3.65. The molecule has 0 amide bonds. The molecule has 1 aromatic rings. The molecule has 2 atom stereocenters. The first kappa shape index (κ1) is 12.1. The molecular formula is C14H18N2O. The zero-order chi connectivity index (χ0) is 12.1. The number of nitriles is 1. The van der Waals surface area contributed by atoms with Crippen LogP contribution in [0.5, 0.6) is 0 Å². The van der Waals surface area contributed by atoms with Crippen LogP contribution in [0.15, 0.2) is 24.3 Å². The van der Waals surface area contributed by atoms with Gasteiger partial charge in [0.1, 0.15) is 6.04 Å². The van der Waals surface area contributed by atoms with Gasteiger partial charge in [0.15, 0.2) is 0 Å². The summed E-state index contributed by atoms with van der Waals surface area (Å²) in [4.78, 5) is 0. The Morgan fingerprint density at radius 3 is 3.12 bits per heavy atom. The second-order valence-corrected chi connectivity index (χ2v) is 4.52. The average Bonchev–Trinajstić information content (AvgIpc) is 2.83. The van der Waals surface area contributed by atoms with Crippen LogP contribution in [0, 0.1) is 18.3 Å². The molecule has 0 radical (unpaired) electrons. The molecule has 1 heterocycles. The highest BCUT2D eigenvalue weighted by atomic mass is 16.5. The van der Waals surface area contributed by atoms with Gasteiger partial charge in [-0.2, -0.15) is 5.26 Å². The monoisotopic (exact) mass is 230 g/mol. The number of benzene rings is 1. The molecule has 1 saturated heterocycles. The van der Waals surface area contributed by atoms with E-state index in [1.165, 1.54) is 5.56 Å². The minimum absolute atomic E-state index is 0.237. The van der Waals surface area contributed by atoms with E-state index in [0.717, 1.165) is 31.6 Å². The van der Waals surface area contributed by atoms with Gasteiger partial charge in [-0.15, -0.1) is 0 Å². The van der Waals surface area contributed by atoms with Crippen molar-refractivity contribution in [3.05, 3.63) is 35.4 Å². The Morgan fingerprint density at radius 1 is 1.59 bits per heavy atom. The molecule has 3 nitrogen and oxygen atoms in total. The average molecular weight is 230 g/mol. The summed E-state index contributed by atoms with van der Waals surface area (Å²) in [6, 6.07) is 10.1. The molecule has 1 aliphatic rings. The lowest BCUT2D eigenvalue weighted by Gasteiger charge is -2.15. The van der Waals surface area contributed by atoms with Gasteiger partial charge in [-0.3, -0.25) is 5.32 Å². The highest BCUT2D eigenvalue weighted by molar-refractivity contribution is 5.28. The van der Waals surface area contributed by atoms with Crippen LogP contribution in [0.4, 0.5) is 0 Å². The quantitative estimate of drug-likeness (QED) is 0.863. The Morgan fingerprint density at radius 2 is 2.47 bits per heavy atom. The minimum Gasteiger partial charge on any atom is -0.377 e. The maximum absolute atomic E-state index is 9.19. The van der Waals surface area contributed by atoms with E-state index < -0.39 is 0 Å². The Labute approximate surface area is 102 Å². The SMILES string of the molecule is Cc1cccc(C(C#N)NCC2CCCO2)c1. The zero-order valence-corrected chi connectivity index (χ0v) is 10.1. The number of nitrogens with zero attached hydrogens (tertiary/aromatic N) is 1. The lowest BCUT2D eigenvalue weighted by atomic mass is 10.1. The summed E-state index contributed by atoms with van der Waals surface area (Å²) in [5, 5.41) is 12.5. The first-order chi connectivity index (χ1) is 8.29. The van der Waals surface area contributed by atoms with Crippen molar-refractivity contribution in [1.29, 1.82) is 5.26 Å². The van der Waals surface area contributed by atoms with Gasteiger partial charge in [0.2, 0.25) is 0 Å². The van der Waals surface area contributed by atoms with Crippen LogP contribution in [0.3, 0.4) is 0 Å². The van der Waals surface area contributed by atoms with E-state index in [-0.39, 0.29) is 12.1 Å². The number of nitrogens with one attached hydrogen (secondary N) is 1. The van der Waals surface area contributed by atoms with Gasteiger partial charge in [-0.1, -0.05) is 29.8 Å². The number of aryl methyl sites for hydroxylation is 1. The van der Waals surface area contributed by atoms with Crippen molar-refractivity contribution in [1.82, 2.24) is 5.32 Å². The molecule has 0 saturated carbocycles. The highest BCUT2D eigenvalue weighted by Crippen LogP contribution is 2.16. The van der Waals surface area contributed by atoms with Crippen LogP contribution in [0.1, 0.15) is 30.0 Å². The summed E-state index contributed by atoms with van der Waals surface area (Å²) in [5.41, 5.74) is 2.21. The highest BCUT2D eigenvalue weighted by Gasteiger charge is 2.17. The summed E-state index contributed by atoms with van der Waals surface area (Å²) >= 11 is 0. The third kappa shape index (κ3) is 3.29. The smallest absolute Gasteiger partial charge is 0.121 e. The second kappa shape index (κ2) is 5.81. The third-order valence-electron chi connectivity index (χ3n) is 3.08. The molecule has 2 rings (SSSR count). The van der Waals surface area contributed by atoms with E-state index in [2.05, 4.69) is 17.5 Å². The van der Waals surface area contributed by atoms with E-state index >= 15 is 0 Å². The van der Waals surface area contributed by atoms with Crippen molar-refractivity contribution in [2.75, 3.05) is 13.2 Å². The largest absolute Gasteiger partial charge is 0.377 e. The third-order valence-corrected chi connectivity index (χ3v) is 3.08. The fourth-order valence-electron chi connectivity index (χ4n) is 2.14. The van der Waals surface area contributed by atoms with Gasteiger partial charge < -0.3 is 4.74 Å². The maximum Gasteiger partial charge on any atom is 0.121 e. The summed E-state index contributed by atoms with van der Waals surface area (Å²) in [5.74, 6) is 0. The van der Waals surface area contributed by atoms with Crippen LogP contribution in [-0.4, -0.2) is 19.3 Å². The standard InChI is InChI=1S/C14H18N2O/c1-11-4-2-5-12(8-11)14(9-15)16-10-13-6-3-7-17-13/h2,4-5,8,13-14,16H,3,6-7,10H2,1H3. The van der Waals surface area contributed by atoms with Gasteiger partial charge in [-0.25, -0.2) is 0 Å². The number of hydrogen-bond acceptors (Lipinski definition) is 3. The van der Waals surface area contributed by atoms with Crippen LogP contribution in [0.25, 0.3) is 0 Å². The van der Waals surface area contributed by atoms with Crippen LogP contribution < -0.4 is 5.32 Å². The van der Waals surface area contributed by atoms with Crippen molar-refractivity contribution in [3.63, 3.8) is 0 Å². The molecule has 3 heteroatoms. The van der Waals surface area contributed by atoms with E-state index in [0.29, 0.717) is 0 Å². The number of rotatable bonds is 4. The van der Waals surface area contributed by atoms with E-state index in [1.54, 1.807) is 0 Å². The minimum atomic E-state index is -0.237. The second-order valence-electron chi connectivity index (χ2n) is 4.52. The number of hydrogen-bond donors (Lipinski definition) is 1. The van der Waals surface area contributed by atoms with Crippen molar-refractivity contribution in [2.45, 2.75) is 31.9 Å². The Bertz CT molecular complexity index is 405. The van der Waals surface area contributed by atoms with Gasteiger partial charge in [0.05, 0.1) is 12.2 Å². The molecular weight excluding hydrogens is 212 g/mol. The van der Waals surface area contributed by atoms with Crippen LogP contribution in [0.2, 0.25) is 0 Å². The van der Waals surface area contributed by atoms with Gasteiger partial charge in [0.25, 0.3) is 0 Å². The first-order valence-corrected chi connectivity index (χ1v) is 6.11. The van der Waals surface area contributed by atoms with Gasteiger partial charge >= 0.3 is 0 Å². The van der Waals surface area contributed by atoms with Crippen molar-refractivity contribution < 1.29 is 4.74 Å². The van der Waals surface area contributed by atoms with Crippen molar-refractivity contribution >= 4 is 0 Å². The van der Waals surface area contributed by atoms with Gasteiger partial charge in [0, 0.05) is 13.2 Å². The van der Waals surface area contributed by atoms with E-state index in [1.807, 2.05) is 25.1 Å². The summed E-state index contributed by atoms with van der Waals surface area (Å²) in [7, 11) is 0. The fourth-order valence-corrected chi connectivity index (χ4v) is 2.14. The zero-order valence-electron chi connectivity index (χ0n) is 10.1. The Kier molecular flexibility index (Phi) is 4.13. The molecule has 1 aliphatic heterocycles. The van der Waals surface area contributed by atoms with E-state index in [9.17, 15) is 5.26 Å². The molecule has 0 spiro atoms. The molecule has 90 valence electrons. The number of ether oxygens (including phenoxy) is 1.